The molecule has 0 heteroatoms. The molecule has 0 N–H and O–H groups in total. The Balaban J connectivity index is 3.00. The fourth-order valence-electron chi connectivity index (χ4n) is 1.30. The van der Waals surface area contributed by atoms with Crippen LogP contribution in [0.15, 0.2) is 60.7 Å². The molecule has 1 rings (SSSR count). The summed E-state index contributed by atoms with van der Waals surface area (Å²) in [6.45, 7) is 7.72. The minimum Gasteiger partial charge on any atom is -0.0990 e. The molecule has 80 valence electrons. The summed E-state index contributed by atoms with van der Waals surface area (Å²) in [6, 6.07) is 8.12. The lowest BCUT2D eigenvalue weighted by molar-refractivity contribution is 1.44. The molecule has 0 radical (unpaired) electrons. The third-order valence-electron chi connectivity index (χ3n) is 2.13. The Morgan fingerprint density at radius 1 is 1.31 bits per heavy atom. The van der Waals surface area contributed by atoms with Gasteiger partial charge in [0.05, 0.1) is 0 Å². The highest BCUT2D eigenvalue weighted by molar-refractivity contribution is 5.48. The van der Waals surface area contributed by atoms with Gasteiger partial charge in [0.15, 0.2) is 0 Å². The number of benzene rings is 1. The Bertz CT molecular complexity index is 476. The average Bonchev–Trinajstić information content (AvgIpc) is 2.28. The van der Waals surface area contributed by atoms with Gasteiger partial charge in [-0.3, -0.25) is 0 Å². The van der Waals surface area contributed by atoms with Crippen LogP contribution >= 0.6 is 0 Å². The highest BCUT2D eigenvalue weighted by Gasteiger charge is 1.90. The minimum absolute atomic E-state index is 0.973. The zero-order valence-corrected chi connectivity index (χ0v) is 9.83. The molecular formula is C16H16. The second kappa shape index (κ2) is 6.48. The zero-order chi connectivity index (χ0) is 11.8. The molecule has 0 atom stereocenters. The van der Waals surface area contributed by atoms with E-state index in [1.54, 1.807) is 6.08 Å². The number of aryl methyl sites for hydroxylation is 1. The van der Waals surface area contributed by atoms with Gasteiger partial charge in [-0.1, -0.05) is 54.8 Å². The van der Waals surface area contributed by atoms with Crippen molar-refractivity contribution < 1.29 is 0 Å². The lowest BCUT2D eigenvalue weighted by Crippen LogP contribution is -1.80. The van der Waals surface area contributed by atoms with Crippen molar-refractivity contribution in [2.24, 2.45) is 0 Å². The lowest BCUT2D eigenvalue weighted by atomic mass is 10.1. The highest BCUT2D eigenvalue weighted by Crippen LogP contribution is 2.05. The quantitative estimate of drug-likeness (QED) is 0.508. The van der Waals surface area contributed by atoms with Crippen molar-refractivity contribution >= 4 is 0 Å². The SMILES string of the molecule is C=CC=C(C#Cc1ccccc1C)C=CC. The summed E-state index contributed by atoms with van der Waals surface area (Å²) < 4.78 is 0. The van der Waals surface area contributed by atoms with E-state index in [9.17, 15) is 0 Å². The molecule has 0 aliphatic heterocycles. The maximum atomic E-state index is 3.68. The smallest absolute Gasteiger partial charge is 0.0278 e. The van der Waals surface area contributed by atoms with Crippen LogP contribution in [0.4, 0.5) is 0 Å². The molecule has 0 bridgehead atoms. The Morgan fingerprint density at radius 2 is 2.06 bits per heavy atom. The van der Waals surface area contributed by atoms with Gasteiger partial charge in [-0.25, -0.2) is 0 Å². The first-order valence-corrected chi connectivity index (χ1v) is 5.31. The first kappa shape index (κ1) is 12.1. The van der Waals surface area contributed by atoms with Crippen LogP contribution in [-0.4, -0.2) is 0 Å². The molecule has 0 fully saturated rings. The molecule has 0 aliphatic carbocycles. The maximum absolute atomic E-state index is 3.68. The van der Waals surface area contributed by atoms with E-state index < -0.39 is 0 Å². The molecule has 0 amide bonds. The van der Waals surface area contributed by atoms with E-state index in [2.05, 4.69) is 31.4 Å². The zero-order valence-electron chi connectivity index (χ0n) is 9.83. The fraction of sp³-hybridized carbons (Fsp3) is 0.125. The van der Waals surface area contributed by atoms with Gasteiger partial charge in [0.25, 0.3) is 0 Å². The van der Waals surface area contributed by atoms with Crippen LogP contribution in [-0.2, 0) is 0 Å². The molecule has 1 aromatic carbocycles. The van der Waals surface area contributed by atoms with Crippen LogP contribution in [0.2, 0.25) is 0 Å². The third kappa shape index (κ3) is 3.63. The summed E-state index contributed by atoms with van der Waals surface area (Å²) in [5.74, 6) is 6.30. The van der Waals surface area contributed by atoms with Gasteiger partial charge in [0, 0.05) is 11.1 Å². The Hall–Kier alpha value is -2.00. The van der Waals surface area contributed by atoms with Gasteiger partial charge in [-0.05, 0) is 31.6 Å². The van der Waals surface area contributed by atoms with Crippen molar-refractivity contribution in [2.75, 3.05) is 0 Å². The number of hydrogen-bond donors (Lipinski definition) is 0. The molecule has 0 heterocycles. The van der Waals surface area contributed by atoms with Gasteiger partial charge >= 0.3 is 0 Å². The Kier molecular flexibility index (Phi) is 4.89. The second-order valence-corrected chi connectivity index (χ2v) is 3.42. The minimum atomic E-state index is 0.973. The van der Waals surface area contributed by atoms with E-state index >= 15 is 0 Å². The Morgan fingerprint density at radius 3 is 2.69 bits per heavy atom. The Labute approximate surface area is 98.0 Å². The van der Waals surface area contributed by atoms with Crippen LogP contribution in [0.1, 0.15) is 18.1 Å². The summed E-state index contributed by atoms with van der Waals surface area (Å²) >= 11 is 0. The lowest BCUT2D eigenvalue weighted by Gasteiger charge is -1.95. The molecule has 0 spiro atoms. The summed E-state index contributed by atoms with van der Waals surface area (Å²) in [7, 11) is 0. The molecular weight excluding hydrogens is 192 g/mol. The molecule has 0 aromatic heterocycles. The highest BCUT2D eigenvalue weighted by atomic mass is 13.9. The van der Waals surface area contributed by atoms with Crippen LogP contribution in [0.3, 0.4) is 0 Å². The van der Waals surface area contributed by atoms with E-state index in [1.165, 1.54) is 5.56 Å². The monoisotopic (exact) mass is 208 g/mol. The van der Waals surface area contributed by atoms with Gasteiger partial charge < -0.3 is 0 Å². The predicted octanol–water partition coefficient (Wildman–Crippen LogP) is 4.04. The average molecular weight is 208 g/mol. The van der Waals surface area contributed by atoms with Crippen LogP contribution in [0, 0.1) is 18.8 Å². The van der Waals surface area contributed by atoms with Crippen molar-refractivity contribution in [1.82, 2.24) is 0 Å². The first-order chi connectivity index (χ1) is 7.77. The van der Waals surface area contributed by atoms with Crippen molar-refractivity contribution in [1.29, 1.82) is 0 Å². The largest absolute Gasteiger partial charge is 0.0990 e. The van der Waals surface area contributed by atoms with Crippen LogP contribution in [0.5, 0.6) is 0 Å². The van der Waals surface area contributed by atoms with E-state index in [0.717, 1.165) is 11.1 Å². The van der Waals surface area contributed by atoms with Gasteiger partial charge in [0.1, 0.15) is 0 Å². The maximum Gasteiger partial charge on any atom is 0.0278 e. The predicted molar refractivity (Wildman–Crippen MR) is 71.2 cm³/mol. The first-order valence-electron chi connectivity index (χ1n) is 5.31. The number of hydrogen-bond acceptors (Lipinski definition) is 0. The van der Waals surface area contributed by atoms with Crippen LogP contribution < -0.4 is 0 Å². The van der Waals surface area contributed by atoms with Gasteiger partial charge in [0.2, 0.25) is 0 Å². The van der Waals surface area contributed by atoms with E-state index in [4.69, 9.17) is 0 Å². The van der Waals surface area contributed by atoms with Gasteiger partial charge in [-0.2, -0.15) is 0 Å². The summed E-state index contributed by atoms with van der Waals surface area (Å²) in [6.07, 6.45) is 7.61. The van der Waals surface area contributed by atoms with E-state index in [1.807, 2.05) is 43.4 Å². The number of allylic oxidation sites excluding steroid dienone is 5. The summed E-state index contributed by atoms with van der Waals surface area (Å²) in [4.78, 5) is 0. The molecule has 0 saturated carbocycles. The topological polar surface area (TPSA) is 0 Å². The van der Waals surface area contributed by atoms with Gasteiger partial charge in [-0.15, -0.1) is 0 Å². The molecule has 0 aliphatic rings. The standard InChI is InChI=1S/C16H16/c1-4-8-15(9-5-2)12-13-16-11-7-6-10-14(16)3/h4-11H,1H2,2-3H3. The summed E-state index contributed by atoms with van der Waals surface area (Å²) in [5, 5.41) is 0. The van der Waals surface area contributed by atoms with E-state index in [-0.39, 0.29) is 0 Å². The summed E-state index contributed by atoms with van der Waals surface area (Å²) in [5.41, 5.74) is 3.25. The number of rotatable bonds is 2. The molecule has 0 saturated heterocycles. The second-order valence-electron chi connectivity index (χ2n) is 3.42. The van der Waals surface area contributed by atoms with Crippen LogP contribution in [0.25, 0.3) is 0 Å². The molecule has 0 nitrogen and oxygen atoms in total. The molecule has 0 unspecified atom stereocenters. The van der Waals surface area contributed by atoms with E-state index in [0.29, 0.717) is 0 Å². The van der Waals surface area contributed by atoms with Crippen molar-refractivity contribution in [2.45, 2.75) is 13.8 Å². The van der Waals surface area contributed by atoms with Crippen molar-refractivity contribution in [3.05, 3.63) is 71.8 Å². The molecule has 1 aromatic rings. The van der Waals surface area contributed by atoms with Crippen molar-refractivity contribution in [3.8, 4) is 11.8 Å². The van der Waals surface area contributed by atoms with Crippen molar-refractivity contribution in [3.63, 3.8) is 0 Å². The third-order valence-corrected chi connectivity index (χ3v) is 2.13. The molecule has 16 heavy (non-hydrogen) atoms. The normalized spacial score (nSPS) is 11.0. The fourth-order valence-corrected chi connectivity index (χ4v) is 1.30.